The van der Waals surface area contributed by atoms with Crippen molar-refractivity contribution in [2.75, 3.05) is 13.1 Å². The molecule has 0 aromatic carbocycles. The summed E-state index contributed by atoms with van der Waals surface area (Å²) in [5, 5.41) is 0. The Morgan fingerprint density at radius 3 is 2.71 bits per heavy atom. The van der Waals surface area contributed by atoms with Crippen molar-refractivity contribution in [1.29, 1.82) is 0 Å². The number of nitrogens with zero attached hydrogens (tertiary/aromatic N) is 1. The number of rotatable bonds is 7. The van der Waals surface area contributed by atoms with Gasteiger partial charge in [0.1, 0.15) is 0 Å². The van der Waals surface area contributed by atoms with Crippen LogP contribution < -0.4 is 5.73 Å². The van der Waals surface area contributed by atoms with Crippen molar-refractivity contribution < 1.29 is 4.42 Å². The summed E-state index contributed by atoms with van der Waals surface area (Å²) in [6.45, 7) is 6.38. The molecule has 1 aromatic rings. The van der Waals surface area contributed by atoms with Crippen molar-refractivity contribution in [2.45, 2.75) is 45.2 Å². The third kappa shape index (κ3) is 3.33. The normalized spacial score (nSPS) is 17.9. The second-order valence-electron chi connectivity index (χ2n) is 5.46. The second kappa shape index (κ2) is 5.69. The number of hydrogen-bond donors (Lipinski definition) is 1. The molecule has 1 atom stereocenters. The minimum atomic E-state index is 0.333. The molecule has 2 N–H and O–H groups in total. The highest BCUT2D eigenvalue weighted by molar-refractivity contribution is 5.13. The third-order valence-electron chi connectivity index (χ3n) is 3.53. The minimum absolute atomic E-state index is 0.333. The van der Waals surface area contributed by atoms with Gasteiger partial charge < -0.3 is 10.2 Å². The zero-order valence-electron chi connectivity index (χ0n) is 10.9. The summed E-state index contributed by atoms with van der Waals surface area (Å²) in [4.78, 5) is 2.57. The average Bonchev–Trinajstić information content (AvgIpc) is 3.00. The highest BCUT2D eigenvalue weighted by Gasteiger charge is 2.34. The molecule has 1 aliphatic rings. The summed E-state index contributed by atoms with van der Waals surface area (Å²) in [5.41, 5.74) is 7.18. The highest BCUT2D eigenvalue weighted by Crippen LogP contribution is 2.34. The molecule has 1 fully saturated rings. The summed E-state index contributed by atoms with van der Waals surface area (Å²) in [7, 11) is 0. The van der Waals surface area contributed by atoms with E-state index in [2.05, 4.69) is 18.7 Å². The molecule has 2 rings (SSSR count). The lowest BCUT2D eigenvalue weighted by atomic mass is 10.1. The molecule has 0 spiro atoms. The smallest absolute Gasteiger partial charge is 0.0950 e. The van der Waals surface area contributed by atoms with Crippen LogP contribution in [0.1, 0.15) is 44.7 Å². The van der Waals surface area contributed by atoms with E-state index < -0.39 is 0 Å². The molecule has 3 nitrogen and oxygen atoms in total. The first-order valence-electron chi connectivity index (χ1n) is 6.70. The number of hydrogen-bond acceptors (Lipinski definition) is 3. The van der Waals surface area contributed by atoms with Gasteiger partial charge in [-0.05, 0) is 37.8 Å². The van der Waals surface area contributed by atoms with Gasteiger partial charge in [0.15, 0.2) is 0 Å². The molecule has 3 heteroatoms. The van der Waals surface area contributed by atoms with E-state index in [0.29, 0.717) is 12.6 Å². The number of nitrogens with two attached hydrogens (primary N) is 1. The van der Waals surface area contributed by atoms with E-state index in [1.807, 2.05) is 12.3 Å². The van der Waals surface area contributed by atoms with Gasteiger partial charge in [0.05, 0.1) is 18.6 Å². The van der Waals surface area contributed by atoms with Crippen LogP contribution in [0.4, 0.5) is 0 Å². The predicted molar refractivity (Wildman–Crippen MR) is 69.7 cm³/mol. The molecule has 1 aliphatic carbocycles. The van der Waals surface area contributed by atoms with Gasteiger partial charge in [0, 0.05) is 18.2 Å². The van der Waals surface area contributed by atoms with Crippen molar-refractivity contribution in [3.05, 3.63) is 24.2 Å². The van der Waals surface area contributed by atoms with Gasteiger partial charge in [-0.2, -0.15) is 0 Å². The zero-order valence-corrected chi connectivity index (χ0v) is 10.9. The fraction of sp³-hybridized carbons (Fsp3) is 0.714. The Morgan fingerprint density at radius 1 is 1.47 bits per heavy atom. The van der Waals surface area contributed by atoms with Crippen molar-refractivity contribution >= 4 is 0 Å². The Kier molecular flexibility index (Phi) is 4.24. The first kappa shape index (κ1) is 12.7. The van der Waals surface area contributed by atoms with Crippen molar-refractivity contribution in [3.63, 3.8) is 0 Å². The Labute approximate surface area is 104 Å². The summed E-state index contributed by atoms with van der Waals surface area (Å²) in [5.74, 6) is 0.749. The van der Waals surface area contributed by atoms with Crippen LogP contribution in [0.5, 0.6) is 0 Å². The lowest BCUT2D eigenvalue weighted by molar-refractivity contribution is 0.180. The van der Waals surface area contributed by atoms with Crippen molar-refractivity contribution in [3.8, 4) is 0 Å². The van der Waals surface area contributed by atoms with E-state index in [4.69, 9.17) is 10.2 Å². The third-order valence-corrected chi connectivity index (χ3v) is 3.53. The molecule has 1 heterocycles. The Morgan fingerprint density at radius 2 is 2.24 bits per heavy atom. The first-order valence-corrected chi connectivity index (χ1v) is 6.70. The molecule has 1 aromatic heterocycles. The standard InChI is InChI=1S/C14H24N2O/c1-11(2)5-7-16(13-3-4-13)14(9-15)12-6-8-17-10-12/h6,8,10-11,13-14H,3-5,7,9,15H2,1-2H3. The van der Waals surface area contributed by atoms with Crippen LogP contribution in [0.15, 0.2) is 23.0 Å². The molecular weight excluding hydrogens is 212 g/mol. The fourth-order valence-corrected chi connectivity index (χ4v) is 2.33. The number of furan rings is 1. The van der Waals surface area contributed by atoms with Gasteiger partial charge in [-0.1, -0.05) is 13.8 Å². The highest BCUT2D eigenvalue weighted by atomic mass is 16.3. The maximum Gasteiger partial charge on any atom is 0.0950 e. The Hall–Kier alpha value is -0.800. The van der Waals surface area contributed by atoms with E-state index in [1.165, 1.54) is 24.8 Å². The molecule has 0 aliphatic heterocycles. The van der Waals surface area contributed by atoms with Gasteiger partial charge in [-0.3, -0.25) is 4.90 Å². The van der Waals surface area contributed by atoms with E-state index in [1.54, 1.807) is 6.26 Å². The van der Waals surface area contributed by atoms with Crippen LogP contribution in [-0.2, 0) is 0 Å². The van der Waals surface area contributed by atoms with Crippen LogP contribution in [0.2, 0.25) is 0 Å². The van der Waals surface area contributed by atoms with Gasteiger partial charge in [0.2, 0.25) is 0 Å². The summed E-state index contributed by atoms with van der Waals surface area (Å²) < 4.78 is 5.19. The minimum Gasteiger partial charge on any atom is -0.472 e. The van der Waals surface area contributed by atoms with Crippen LogP contribution in [0.25, 0.3) is 0 Å². The van der Waals surface area contributed by atoms with Crippen LogP contribution >= 0.6 is 0 Å². The molecule has 1 saturated carbocycles. The van der Waals surface area contributed by atoms with Crippen LogP contribution in [0.3, 0.4) is 0 Å². The molecule has 0 saturated heterocycles. The van der Waals surface area contributed by atoms with Gasteiger partial charge in [-0.25, -0.2) is 0 Å². The lowest BCUT2D eigenvalue weighted by Gasteiger charge is -2.31. The summed E-state index contributed by atoms with van der Waals surface area (Å²) >= 11 is 0. The van der Waals surface area contributed by atoms with Crippen LogP contribution in [0, 0.1) is 5.92 Å². The van der Waals surface area contributed by atoms with Crippen LogP contribution in [-0.4, -0.2) is 24.0 Å². The lowest BCUT2D eigenvalue weighted by Crippen LogP contribution is -2.36. The van der Waals surface area contributed by atoms with Gasteiger partial charge in [-0.15, -0.1) is 0 Å². The first-order chi connectivity index (χ1) is 8.22. The Balaban J connectivity index is 2.02. The zero-order chi connectivity index (χ0) is 12.3. The molecule has 0 bridgehead atoms. The largest absolute Gasteiger partial charge is 0.472 e. The monoisotopic (exact) mass is 236 g/mol. The molecule has 1 unspecified atom stereocenters. The van der Waals surface area contributed by atoms with E-state index >= 15 is 0 Å². The van der Waals surface area contributed by atoms with Crippen molar-refractivity contribution in [2.24, 2.45) is 11.7 Å². The average molecular weight is 236 g/mol. The maximum absolute atomic E-state index is 5.95. The maximum atomic E-state index is 5.95. The molecular formula is C14H24N2O. The van der Waals surface area contributed by atoms with Gasteiger partial charge >= 0.3 is 0 Å². The molecule has 17 heavy (non-hydrogen) atoms. The molecule has 96 valence electrons. The van der Waals surface area contributed by atoms with E-state index in [0.717, 1.165) is 18.5 Å². The van der Waals surface area contributed by atoms with Gasteiger partial charge in [0.25, 0.3) is 0 Å². The van der Waals surface area contributed by atoms with E-state index in [-0.39, 0.29) is 0 Å². The SMILES string of the molecule is CC(C)CCN(C1CC1)C(CN)c1ccoc1. The predicted octanol–water partition coefficient (Wildman–Crippen LogP) is 2.79. The van der Waals surface area contributed by atoms with Crippen molar-refractivity contribution in [1.82, 2.24) is 4.90 Å². The molecule has 0 amide bonds. The second-order valence-corrected chi connectivity index (χ2v) is 5.46. The quantitative estimate of drug-likeness (QED) is 0.791. The topological polar surface area (TPSA) is 42.4 Å². The summed E-state index contributed by atoms with van der Waals surface area (Å²) in [6.07, 6.45) is 7.47. The fourth-order valence-electron chi connectivity index (χ4n) is 2.33. The molecule has 0 radical (unpaired) electrons. The summed E-state index contributed by atoms with van der Waals surface area (Å²) in [6, 6.07) is 3.12. The van der Waals surface area contributed by atoms with E-state index in [9.17, 15) is 0 Å². The Bertz CT molecular complexity index is 317.